The SMILES string of the molecule is Cc1cc(C)nc(N2CCCN(C(=O)c3cccnc3OCC(F)(F)F)CC2)n1. The number of pyridine rings is 1. The number of hydrogen-bond donors (Lipinski definition) is 0. The topological polar surface area (TPSA) is 71.5 Å². The summed E-state index contributed by atoms with van der Waals surface area (Å²) >= 11 is 0. The highest BCUT2D eigenvalue weighted by molar-refractivity contribution is 5.96. The van der Waals surface area contributed by atoms with E-state index in [1.165, 1.54) is 18.3 Å². The highest BCUT2D eigenvalue weighted by atomic mass is 19.4. The van der Waals surface area contributed by atoms with Crippen molar-refractivity contribution in [1.82, 2.24) is 19.9 Å². The Labute approximate surface area is 166 Å². The summed E-state index contributed by atoms with van der Waals surface area (Å²) in [4.78, 5) is 29.3. The number of aromatic nitrogens is 3. The van der Waals surface area contributed by atoms with Crippen molar-refractivity contribution in [3.63, 3.8) is 0 Å². The van der Waals surface area contributed by atoms with E-state index in [1.807, 2.05) is 24.8 Å². The molecule has 1 fully saturated rings. The number of halogens is 3. The van der Waals surface area contributed by atoms with Crippen LogP contribution in [0, 0.1) is 13.8 Å². The van der Waals surface area contributed by atoms with Gasteiger partial charge in [0.2, 0.25) is 11.8 Å². The number of alkyl halides is 3. The first-order valence-electron chi connectivity index (χ1n) is 9.24. The van der Waals surface area contributed by atoms with Gasteiger partial charge in [0.15, 0.2) is 6.61 Å². The van der Waals surface area contributed by atoms with Crippen LogP contribution in [0.5, 0.6) is 5.88 Å². The van der Waals surface area contributed by atoms with Crippen LogP contribution in [0.1, 0.15) is 28.2 Å². The molecular weight excluding hydrogens is 387 g/mol. The second-order valence-electron chi connectivity index (χ2n) is 6.84. The van der Waals surface area contributed by atoms with Crippen LogP contribution in [-0.4, -0.2) is 64.7 Å². The molecule has 1 aliphatic rings. The van der Waals surface area contributed by atoms with Crippen LogP contribution in [0.15, 0.2) is 24.4 Å². The predicted octanol–water partition coefficient (Wildman–Crippen LogP) is 2.78. The minimum absolute atomic E-state index is 0.0212. The quantitative estimate of drug-likeness (QED) is 0.773. The molecule has 0 aliphatic carbocycles. The van der Waals surface area contributed by atoms with Crippen molar-refractivity contribution in [3.8, 4) is 5.88 Å². The number of anilines is 1. The molecule has 0 bridgehead atoms. The minimum Gasteiger partial charge on any atom is -0.467 e. The molecule has 0 radical (unpaired) electrons. The van der Waals surface area contributed by atoms with Crippen LogP contribution in [0.2, 0.25) is 0 Å². The number of carbonyl (C=O) groups is 1. The number of hydrogen-bond acceptors (Lipinski definition) is 6. The van der Waals surface area contributed by atoms with Crippen molar-refractivity contribution >= 4 is 11.9 Å². The maximum atomic E-state index is 12.9. The Morgan fingerprint density at radius 2 is 1.86 bits per heavy atom. The molecule has 0 atom stereocenters. The zero-order chi connectivity index (χ0) is 21.0. The third-order valence-corrected chi connectivity index (χ3v) is 4.41. The van der Waals surface area contributed by atoms with Gasteiger partial charge in [-0.15, -0.1) is 0 Å². The molecule has 0 aromatic carbocycles. The van der Waals surface area contributed by atoms with E-state index in [0.717, 1.165) is 11.4 Å². The van der Waals surface area contributed by atoms with Crippen LogP contribution in [0.25, 0.3) is 0 Å². The lowest BCUT2D eigenvalue weighted by Gasteiger charge is -2.23. The number of aryl methyl sites for hydroxylation is 2. The maximum Gasteiger partial charge on any atom is 0.422 e. The monoisotopic (exact) mass is 409 g/mol. The Morgan fingerprint density at radius 3 is 2.55 bits per heavy atom. The summed E-state index contributed by atoms with van der Waals surface area (Å²) in [6.45, 7) is 4.36. The molecule has 10 heteroatoms. The molecular formula is C19H22F3N5O2. The lowest BCUT2D eigenvalue weighted by Crippen LogP contribution is -2.36. The fourth-order valence-corrected chi connectivity index (χ4v) is 3.16. The Bertz CT molecular complexity index is 855. The van der Waals surface area contributed by atoms with Gasteiger partial charge in [0, 0.05) is 43.8 Å². The zero-order valence-electron chi connectivity index (χ0n) is 16.2. The number of ether oxygens (including phenoxy) is 1. The van der Waals surface area contributed by atoms with Crippen LogP contribution >= 0.6 is 0 Å². The third-order valence-electron chi connectivity index (χ3n) is 4.41. The third kappa shape index (κ3) is 5.55. The summed E-state index contributed by atoms with van der Waals surface area (Å²) in [6, 6.07) is 4.82. The molecule has 29 heavy (non-hydrogen) atoms. The van der Waals surface area contributed by atoms with E-state index in [9.17, 15) is 18.0 Å². The van der Waals surface area contributed by atoms with Gasteiger partial charge in [0.25, 0.3) is 5.91 Å². The number of nitrogens with zero attached hydrogens (tertiary/aromatic N) is 5. The average Bonchev–Trinajstić information content (AvgIpc) is 2.91. The second-order valence-corrected chi connectivity index (χ2v) is 6.84. The van der Waals surface area contributed by atoms with Gasteiger partial charge in [-0.1, -0.05) is 0 Å². The standard InChI is InChI=1S/C19H22F3N5O2/c1-13-11-14(2)25-18(24-13)27-8-4-7-26(9-10-27)17(28)15-5-3-6-23-16(15)29-12-19(20,21)22/h3,5-6,11H,4,7-10,12H2,1-2H3. The first-order valence-corrected chi connectivity index (χ1v) is 9.24. The van der Waals surface area contributed by atoms with Crippen molar-refractivity contribution in [2.24, 2.45) is 0 Å². The zero-order valence-corrected chi connectivity index (χ0v) is 16.2. The summed E-state index contributed by atoms with van der Waals surface area (Å²) in [7, 11) is 0. The number of carbonyl (C=O) groups excluding carboxylic acids is 1. The van der Waals surface area contributed by atoms with Crippen LogP contribution in [-0.2, 0) is 0 Å². The predicted molar refractivity (Wildman–Crippen MR) is 100 cm³/mol. The molecule has 0 N–H and O–H groups in total. The molecule has 1 saturated heterocycles. The first kappa shape index (κ1) is 20.8. The Morgan fingerprint density at radius 1 is 1.14 bits per heavy atom. The Hall–Kier alpha value is -2.91. The van der Waals surface area contributed by atoms with Crippen molar-refractivity contribution < 1.29 is 22.7 Å². The van der Waals surface area contributed by atoms with Gasteiger partial charge in [-0.25, -0.2) is 15.0 Å². The largest absolute Gasteiger partial charge is 0.467 e. The minimum atomic E-state index is -4.51. The molecule has 1 aliphatic heterocycles. The van der Waals surface area contributed by atoms with E-state index in [-0.39, 0.29) is 11.4 Å². The summed E-state index contributed by atoms with van der Waals surface area (Å²) in [6.07, 6.45) is -2.53. The lowest BCUT2D eigenvalue weighted by atomic mass is 10.2. The molecule has 1 amide bonds. The van der Waals surface area contributed by atoms with Crippen molar-refractivity contribution in [3.05, 3.63) is 41.3 Å². The summed E-state index contributed by atoms with van der Waals surface area (Å²) in [5.41, 5.74) is 1.76. The smallest absolute Gasteiger partial charge is 0.422 e. The Kier molecular flexibility index (Phi) is 6.19. The molecule has 0 unspecified atom stereocenters. The summed E-state index contributed by atoms with van der Waals surface area (Å²) in [5.74, 6) is -0.0978. The maximum absolute atomic E-state index is 12.9. The molecule has 2 aromatic rings. The van der Waals surface area contributed by atoms with Gasteiger partial charge in [-0.3, -0.25) is 4.79 Å². The first-order chi connectivity index (χ1) is 13.7. The number of rotatable bonds is 4. The van der Waals surface area contributed by atoms with Crippen molar-refractivity contribution in [2.45, 2.75) is 26.4 Å². The van der Waals surface area contributed by atoms with Crippen LogP contribution in [0.4, 0.5) is 19.1 Å². The van der Waals surface area contributed by atoms with E-state index < -0.39 is 18.7 Å². The van der Waals surface area contributed by atoms with Crippen LogP contribution in [0.3, 0.4) is 0 Å². The van der Waals surface area contributed by atoms with E-state index in [1.54, 1.807) is 4.90 Å². The van der Waals surface area contributed by atoms with Gasteiger partial charge in [0.1, 0.15) is 5.56 Å². The molecule has 0 spiro atoms. The van der Waals surface area contributed by atoms with Gasteiger partial charge in [-0.05, 0) is 38.5 Å². The Balaban J connectivity index is 1.71. The second kappa shape index (κ2) is 8.62. The number of amides is 1. The normalized spacial score (nSPS) is 15.2. The highest BCUT2D eigenvalue weighted by Gasteiger charge is 2.30. The average molecular weight is 409 g/mol. The molecule has 3 rings (SSSR count). The summed E-state index contributed by atoms with van der Waals surface area (Å²) < 4.78 is 42.2. The molecule has 0 saturated carbocycles. The van der Waals surface area contributed by atoms with E-state index >= 15 is 0 Å². The van der Waals surface area contributed by atoms with E-state index in [2.05, 4.69) is 15.0 Å². The van der Waals surface area contributed by atoms with Gasteiger partial charge >= 0.3 is 6.18 Å². The van der Waals surface area contributed by atoms with Gasteiger partial charge < -0.3 is 14.5 Å². The van der Waals surface area contributed by atoms with Crippen molar-refractivity contribution in [2.75, 3.05) is 37.7 Å². The van der Waals surface area contributed by atoms with E-state index in [0.29, 0.717) is 38.5 Å². The van der Waals surface area contributed by atoms with Crippen LogP contribution < -0.4 is 9.64 Å². The highest BCUT2D eigenvalue weighted by Crippen LogP contribution is 2.22. The lowest BCUT2D eigenvalue weighted by molar-refractivity contribution is -0.154. The van der Waals surface area contributed by atoms with E-state index in [4.69, 9.17) is 4.74 Å². The molecule has 3 heterocycles. The van der Waals surface area contributed by atoms with Crippen molar-refractivity contribution in [1.29, 1.82) is 0 Å². The fraction of sp³-hybridized carbons (Fsp3) is 0.474. The van der Waals surface area contributed by atoms with Gasteiger partial charge in [0.05, 0.1) is 0 Å². The molecule has 7 nitrogen and oxygen atoms in total. The summed E-state index contributed by atoms with van der Waals surface area (Å²) in [5, 5.41) is 0. The molecule has 156 valence electrons. The van der Waals surface area contributed by atoms with Gasteiger partial charge in [-0.2, -0.15) is 13.2 Å². The molecule has 2 aromatic heterocycles. The fourth-order valence-electron chi connectivity index (χ4n) is 3.16.